The summed E-state index contributed by atoms with van der Waals surface area (Å²) in [6.45, 7) is 0. The molecule has 0 aliphatic rings. The topological polar surface area (TPSA) is 17.8 Å². The molecule has 0 saturated carbocycles. The van der Waals surface area contributed by atoms with Crippen LogP contribution < -0.4 is 0 Å². The van der Waals surface area contributed by atoms with E-state index in [1.54, 1.807) is 0 Å². The highest BCUT2D eigenvalue weighted by Crippen LogP contribution is 2.32. The number of benzene rings is 1. The molecule has 0 fully saturated rings. The first-order valence-electron chi connectivity index (χ1n) is 5.43. The zero-order valence-corrected chi connectivity index (χ0v) is 11.5. The van der Waals surface area contributed by atoms with E-state index in [0.29, 0.717) is 0 Å². The van der Waals surface area contributed by atoms with E-state index >= 15 is 0 Å². The van der Waals surface area contributed by atoms with Crippen LogP contribution in [0.1, 0.15) is 0 Å². The Balaban J connectivity index is 2.38. The maximum Gasteiger partial charge on any atom is 0.141 e. The van der Waals surface area contributed by atoms with Crippen LogP contribution in [0.25, 0.3) is 22.3 Å². The van der Waals surface area contributed by atoms with Crippen LogP contribution >= 0.6 is 22.6 Å². The maximum absolute atomic E-state index is 4.45. The second kappa shape index (κ2) is 4.14. The van der Waals surface area contributed by atoms with Crippen molar-refractivity contribution in [1.82, 2.24) is 9.55 Å². The largest absolute Gasteiger partial charge is 0.327 e. The molecule has 2 heterocycles. The fraction of sp³-hybridized carbons (Fsp3) is 0.0714. The van der Waals surface area contributed by atoms with Gasteiger partial charge >= 0.3 is 0 Å². The van der Waals surface area contributed by atoms with E-state index in [0.717, 1.165) is 5.65 Å². The molecule has 2 nitrogen and oxygen atoms in total. The predicted molar refractivity (Wildman–Crippen MR) is 78.9 cm³/mol. The number of nitrogens with zero attached hydrogens (tertiary/aromatic N) is 2. The molecule has 3 heteroatoms. The van der Waals surface area contributed by atoms with Crippen molar-refractivity contribution >= 4 is 33.6 Å². The molecular formula is C14H11IN2. The van der Waals surface area contributed by atoms with Gasteiger partial charge in [-0.15, -0.1) is 0 Å². The molecular weight excluding hydrogens is 323 g/mol. The summed E-state index contributed by atoms with van der Waals surface area (Å²) in [5.41, 5.74) is 3.51. The lowest BCUT2D eigenvalue weighted by atomic mass is 10.1. The zero-order valence-electron chi connectivity index (χ0n) is 9.39. The second-order valence-electron chi connectivity index (χ2n) is 3.96. The van der Waals surface area contributed by atoms with Crippen molar-refractivity contribution in [2.75, 3.05) is 0 Å². The molecule has 84 valence electrons. The van der Waals surface area contributed by atoms with Gasteiger partial charge in [0.15, 0.2) is 0 Å². The Morgan fingerprint density at radius 3 is 2.53 bits per heavy atom. The van der Waals surface area contributed by atoms with Gasteiger partial charge in [0.25, 0.3) is 0 Å². The third-order valence-electron chi connectivity index (χ3n) is 2.93. The Hall–Kier alpha value is -1.36. The molecule has 0 unspecified atom stereocenters. The number of hydrogen-bond acceptors (Lipinski definition) is 1. The minimum Gasteiger partial charge on any atom is -0.327 e. The van der Waals surface area contributed by atoms with Crippen molar-refractivity contribution in [1.29, 1.82) is 0 Å². The van der Waals surface area contributed by atoms with Gasteiger partial charge < -0.3 is 4.57 Å². The summed E-state index contributed by atoms with van der Waals surface area (Å²) in [4.78, 5) is 4.45. The normalized spacial score (nSPS) is 10.9. The minimum absolute atomic E-state index is 1.04. The number of rotatable bonds is 1. The SMILES string of the molecule is Cn1c(-c2ccccc2)c(I)c2cccnc21. The number of aromatic nitrogens is 2. The number of pyridine rings is 1. The average Bonchev–Trinajstić information content (AvgIpc) is 2.64. The molecule has 0 amide bonds. The summed E-state index contributed by atoms with van der Waals surface area (Å²) in [5.74, 6) is 0. The van der Waals surface area contributed by atoms with Crippen LogP contribution in [0.2, 0.25) is 0 Å². The van der Waals surface area contributed by atoms with E-state index in [9.17, 15) is 0 Å². The minimum atomic E-state index is 1.04. The number of hydrogen-bond donors (Lipinski definition) is 0. The highest BCUT2D eigenvalue weighted by molar-refractivity contribution is 14.1. The molecule has 3 rings (SSSR count). The molecule has 1 aromatic carbocycles. The van der Waals surface area contributed by atoms with Gasteiger partial charge in [0.05, 0.1) is 5.69 Å². The van der Waals surface area contributed by atoms with Gasteiger partial charge in [0.2, 0.25) is 0 Å². The molecule has 2 aromatic heterocycles. The predicted octanol–water partition coefficient (Wildman–Crippen LogP) is 3.84. The Morgan fingerprint density at radius 1 is 1.06 bits per heavy atom. The van der Waals surface area contributed by atoms with Gasteiger partial charge in [-0.1, -0.05) is 30.3 Å². The summed E-state index contributed by atoms with van der Waals surface area (Å²) in [5, 5.41) is 1.22. The van der Waals surface area contributed by atoms with Crippen molar-refractivity contribution in [3.63, 3.8) is 0 Å². The highest BCUT2D eigenvalue weighted by Gasteiger charge is 2.14. The fourth-order valence-electron chi connectivity index (χ4n) is 2.13. The van der Waals surface area contributed by atoms with Gasteiger partial charge in [0.1, 0.15) is 5.65 Å². The molecule has 0 radical (unpaired) electrons. The van der Waals surface area contributed by atoms with Crippen molar-refractivity contribution in [3.05, 3.63) is 52.2 Å². The summed E-state index contributed by atoms with van der Waals surface area (Å²) in [7, 11) is 2.07. The molecule has 0 spiro atoms. The quantitative estimate of drug-likeness (QED) is 0.618. The monoisotopic (exact) mass is 334 g/mol. The van der Waals surface area contributed by atoms with Gasteiger partial charge in [0, 0.05) is 22.2 Å². The second-order valence-corrected chi connectivity index (χ2v) is 5.04. The van der Waals surface area contributed by atoms with Crippen molar-refractivity contribution in [3.8, 4) is 11.3 Å². The van der Waals surface area contributed by atoms with Crippen molar-refractivity contribution in [2.45, 2.75) is 0 Å². The van der Waals surface area contributed by atoms with Crippen LogP contribution in [-0.4, -0.2) is 9.55 Å². The van der Waals surface area contributed by atoms with E-state index in [-0.39, 0.29) is 0 Å². The molecule has 0 atom stereocenters. The number of fused-ring (bicyclic) bond motifs is 1. The lowest BCUT2D eigenvalue weighted by Gasteiger charge is -2.04. The molecule has 0 aliphatic heterocycles. The van der Waals surface area contributed by atoms with Gasteiger partial charge in [-0.05, 0) is 40.3 Å². The lowest BCUT2D eigenvalue weighted by Crippen LogP contribution is -1.93. The van der Waals surface area contributed by atoms with Crippen LogP contribution in [0.5, 0.6) is 0 Å². The van der Waals surface area contributed by atoms with Crippen LogP contribution in [-0.2, 0) is 7.05 Å². The molecule has 0 saturated heterocycles. The number of halogens is 1. The van der Waals surface area contributed by atoms with E-state index in [4.69, 9.17) is 0 Å². The number of aryl methyl sites for hydroxylation is 1. The Morgan fingerprint density at radius 2 is 1.82 bits per heavy atom. The van der Waals surface area contributed by atoms with Crippen molar-refractivity contribution in [2.24, 2.45) is 7.05 Å². The Labute approximate surface area is 113 Å². The Kier molecular flexibility index (Phi) is 2.63. The fourth-order valence-corrected chi connectivity index (χ4v) is 3.23. The molecule has 0 N–H and O–H groups in total. The van der Waals surface area contributed by atoms with Gasteiger partial charge in [-0.25, -0.2) is 4.98 Å². The average molecular weight is 334 g/mol. The van der Waals surface area contributed by atoms with Gasteiger partial charge in [-0.2, -0.15) is 0 Å². The van der Waals surface area contributed by atoms with E-state index in [1.807, 2.05) is 18.3 Å². The van der Waals surface area contributed by atoms with Gasteiger partial charge in [-0.3, -0.25) is 0 Å². The first kappa shape index (κ1) is 10.8. The van der Waals surface area contributed by atoms with Crippen LogP contribution in [0.15, 0.2) is 48.7 Å². The van der Waals surface area contributed by atoms with E-state index in [1.165, 1.54) is 20.2 Å². The van der Waals surface area contributed by atoms with Crippen LogP contribution in [0.3, 0.4) is 0 Å². The standard InChI is InChI=1S/C14H11IN2/c1-17-13(10-6-3-2-4-7-10)12(15)11-8-5-9-16-14(11)17/h2-9H,1H3. The highest BCUT2D eigenvalue weighted by atomic mass is 127. The molecule has 17 heavy (non-hydrogen) atoms. The maximum atomic E-state index is 4.45. The smallest absolute Gasteiger partial charge is 0.141 e. The first-order chi connectivity index (χ1) is 8.29. The molecule has 0 aliphatic carbocycles. The summed E-state index contributed by atoms with van der Waals surface area (Å²) in [6.07, 6.45) is 1.84. The summed E-state index contributed by atoms with van der Waals surface area (Å²) < 4.78 is 3.42. The van der Waals surface area contributed by atoms with Crippen LogP contribution in [0.4, 0.5) is 0 Å². The summed E-state index contributed by atoms with van der Waals surface area (Å²) >= 11 is 2.40. The molecule has 3 aromatic rings. The van der Waals surface area contributed by atoms with Crippen LogP contribution in [0, 0.1) is 3.57 Å². The van der Waals surface area contributed by atoms with E-state index in [2.05, 4.69) is 69.5 Å². The third kappa shape index (κ3) is 1.65. The zero-order chi connectivity index (χ0) is 11.8. The van der Waals surface area contributed by atoms with E-state index < -0.39 is 0 Å². The first-order valence-corrected chi connectivity index (χ1v) is 6.51. The third-order valence-corrected chi connectivity index (χ3v) is 4.02. The molecule has 0 bridgehead atoms. The Bertz CT molecular complexity index is 632. The lowest BCUT2D eigenvalue weighted by molar-refractivity contribution is 0.955. The summed E-state index contributed by atoms with van der Waals surface area (Å²) in [6, 6.07) is 14.5. The van der Waals surface area contributed by atoms with Crippen molar-refractivity contribution < 1.29 is 0 Å².